The molecule has 1 saturated carbocycles. The summed E-state index contributed by atoms with van der Waals surface area (Å²) in [6, 6.07) is 16.6. The zero-order valence-electron chi connectivity index (χ0n) is 20.7. The predicted molar refractivity (Wildman–Crippen MR) is 139 cm³/mol. The summed E-state index contributed by atoms with van der Waals surface area (Å²) in [7, 11) is 4.33. The van der Waals surface area contributed by atoms with Gasteiger partial charge in [0.2, 0.25) is 11.8 Å². The zero-order chi connectivity index (χ0) is 24.6. The number of amides is 2. The van der Waals surface area contributed by atoms with E-state index in [4.69, 9.17) is 11.6 Å². The third-order valence-corrected chi connectivity index (χ3v) is 7.28. The van der Waals surface area contributed by atoms with Crippen LogP contribution in [0, 0.1) is 6.92 Å². The summed E-state index contributed by atoms with van der Waals surface area (Å²) < 4.78 is 0. The number of nitrogens with zero attached hydrogens (tertiary/aromatic N) is 1. The van der Waals surface area contributed by atoms with Crippen molar-refractivity contribution in [2.75, 3.05) is 20.6 Å². The zero-order valence-corrected chi connectivity index (χ0v) is 21.5. The van der Waals surface area contributed by atoms with Crippen LogP contribution in [0.15, 0.2) is 48.5 Å². The molecule has 0 unspecified atom stereocenters. The van der Waals surface area contributed by atoms with Gasteiger partial charge in [0.1, 0.15) is 0 Å². The van der Waals surface area contributed by atoms with E-state index < -0.39 is 0 Å². The largest absolute Gasteiger partial charge is 0.356 e. The number of hydrogen-bond acceptors (Lipinski definition) is 3. The molecular weight excluding hydrogens is 446 g/mol. The Morgan fingerprint density at radius 2 is 1.68 bits per heavy atom. The van der Waals surface area contributed by atoms with Crippen LogP contribution in [0.2, 0.25) is 5.02 Å². The fourth-order valence-corrected chi connectivity index (χ4v) is 5.15. The summed E-state index contributed by atoms with van der Waals surface area (Å²) in [6.45, 7) is 2.68. The third kappa shape index (κ3) is 7.85. The highest BCUT2D eigenvalue weighted by Gasteiger charge is 2.37. The Balaban J connectivity index is 1.38. The van der Waals surface area contributed by atoms with Crippen molar-refractivity contribution < 1.29 is 9.59 Å². The van der Waals surface area contributed by atoms with Gasteiger partial charge < -0.3 is 15.5 Å². The van der Waals surface area contributed by atoms with Gasteiger partial charge in [-0.2, -0.15) is 0 Å². The molecule has 5 nitrogen and oxygen atoms in total. The average molecular weight is 484 g/mol. The molecule has 1 aliphatic carbocycles. The van der Waals surface area contributed by atoms with Crippen molar-refractivity contribution in [1.29, 1.82) is 0 Å². The number of aryl methyl sites for hydroxylation is 1. The standard InChI is InChI=1S/C28H38ClN3O2/c1-21-6-4-8-23(18-21)20-28(32(2)3)15-12-25(13-16-28)31-27(34)11-10-26(33)30-17-14-22-7-5-9-24(29)19-22/h4-9,18-19,25H,10-17,20H2,1-3H3,(H,30,33)(H,31,34). The minimum Gasteiger partial charge on any atom is -0.356 e. The van der Waals surface area contributed by atoms with Gasteiger partial charge >= 0.3 is 0 Å². The SMILES string of the molecule is Cc1cccc(CC2(N(C)C)CCC(NC(=O)CCC(=O)NCCc3cccc(Cl)c3)CC2)c1. The van der Waals surface area contributed by atoms with Gasteiger partial charge in [0, 0.05) is 36.0 Å². The molecule has 184 valence electrons. The molecule has 6 heteroatoms. The van der Waals surface area contributed by atoms with Crippen LogP contribution in [0.1, 0.15) is 55.2 Å². The molecule has 0 aromatic heterocycles. The Morgan fingerprint density at radius 1 is 1.00 bits per heavy atom. The van der Waals surface area contributed by atoms with E-state index in [1.807, 2.05) is 24.3 Å². The Labute approximate surface area is 209 Å². The second-order valence-corrected chi connectivity index (χ2v) is 10.3. The van der Waals surface area contributed by atoms with Gasteiger partial charge in [0.15, 0.2) is 0 Å². The van der Waals surface area contributed by atoms with Crippen LogP contribution in [0.3, 0.4) is 0 Å². The van der Waals surface area contributed by atoms with Crippen LogP contribution in [0.25, 0.3) is 0 Å². The summed E-state index contributed by atoms with van der Waals surface area (Å²) in [5, 5.41) is 6.75. The van der Waals surface area contributed by atoms with Gasteiger partial charge in [-0.1, -0.05) is 53.6 Å². The van der Waals surface area contributed by atoms with Crippen molar-refractivity contribution in [2.45, 2.75) is 69.9 Å². The van der Waals surface area contributed by atoms with Crippen LogP contribution in [-0.4, -0.2) is 48.9 Å². The molecule has 34 heavy (non-hydrogen) atoms. The second-order valence-electron chi connectivity index (χ2n) is 9.86. The molecule has 0 atom stereocenters. The molecule has 1 fully saturated rings. The number of rotatable bonds is 10. The summed E-state index contributed by atoms with van der Waals surface area (Å²) in [6.07, 6.45) is 6.19. The minimum atomic E-state index is -0.0920. The lowest BCUT2D eigenvalue weighted by Gasteiger charge is -2.45. The molecule has 1 aliphatic rings. The lowest BCUT2D eigenvalue weighted by molar-refractivity contribution is -0.127. The van der Waals surface area contributed by atoms with Crippen molar-refractivity contribution in [3.63, 3.8) is 0 Å². The fourth-order valence-electron chi connectivity index (χ4n) is 4.94. The Morgan fingerprint density at radius 3 is 2.35 bits per heavy atom. The van der Waals surface area contributed by atoms with Gasteiger partial charge in [0.25, 0.3) is 0 Å². The lowest BCUT2D eigenvalue weighted by atomic mass is 9.74. The molecular formula is C28H38ClN3O2. The Kier molecular flexibility index (Phi) is 9.54. The van der Waals surface area contributed by atoms with Gasteiger partial charge in [0.05, 0.1) is 0 Å². The van der Waals surface area contributed by atoms with Crippen LogP contribution in [-0.2, 0) is 22.4 Å². The quantitative estimate of drug-likeness (QED) is 0.515. The topological polar surface area (TPSA) is 61.4 Å². The molecule has 2 amide bonds. The molecule has 0 saturated heterocycles. The molecule has 2 N–H and O–H groups in total. The first-order valence-corrected chi connectivity index (χ1v) is 12.7. The van der Waals surface area contributed by atoms with E-state index in [0.717, 1.165) is 44.1 Å². The predicted octanol–water partition coefficient (Wildman–Crippen LogP) is 4.69. The first-order chi connectivity index (χ1) is 16.3. The number of nitrogens with one attached hydrogen (secondary N) is 2. The number of likely N-dealkylation sites (N-methyl/N-ethyl adjacent to an activating group) is 1. The summed E-state index contributed by atoms with van der Waals surface area (Å²) in [5.74, 6) is -0.128. The highest BCUT2D eigenvalue weighted by atomic mass is 35.5. The van der Waals surface area contributed by atoms with E-state index in [1.54, 1.807) is 0 Å². The highest BCUT2D eigenvalue weighted by molar-refractivity contribution is 6.30. The molecule has 0 heterocycles. The third-order valence-electron chi connectivity index (χ3n) is 7.05. The molecule has 2 aromatic carbocycles. The fraction of sp³-hybridized carbons (Fsp3) is 0.500. The maximum absolute atomic E-state index is 12.5. The number of carbonyl (C=O) groups is 2. The second kappa shape index (κ2) is 12.4. The summed E-state index contributed by atoms with van der Waals surface area (Å²) in [5.41, 5.74) is 3.87. The van der Waals surface area contributed by atoms with Gasteiger partial charge in [-0.25, -0.2) is 0 Å². The minimum absolute atomic E-state index is 0.0361. The van der Waals surface area contributed by atoms with Gasteiger partial charge in [-0.05, 0) is 82.8 Å². The van der Waals surface area contributed by atoms with Gasteiger partial charge in [-0.15, -0.1) is 0 Å². The van der Waals surface area contributed by atoms with E-state index >= 15 is 0 Å². The number of carbonyl (C=O) groups excluding carboxylic acids is 2. The van der Waals surface area contributed by atoms with Crippen LogP contribution >= 0.6 is 11.6 Å². The molecule has 2 aromatic rings. The maximum Gasteiger partial charge on any atom is 0.220 e. The summed E-state index contributed by atoms with van der Waals surface area (Å²) >= 11 is 5.99. The van der Waals surface area contributed by atoms with E-state index in [1.165, 1.54) is 11.1 Å². The normalized spacial score (nSPS) is 20.2. The Bertz CT molecular complexity index is 968. The lowest BCUT2D eigenvalue weighted by Crippen LogP contribution is -2.52. The average Bonchev–Trinajstić information content (AvgIpc) is 2.79. The van der Waals surface area contributed by atoms with Crippen molar-refractivity contribution >= 4 is 23.4 Å². The van der Waals surface area contributed by atoms with Crippen molar-refractivity contribution in [1.82, 2.24) is 15.5 Å². The van der Waals surface area contributed by atoms with Gasteiger partial charge in [-0.3, -0.25) is 9.59 Å². The first kappa shape index (κ1) is 26.2. The molecule has 0 radical (unpaired) electrons. The molecule has 0 aliphatic heterocycles. The number of halogens is 1. The highest BCUT2D eigenvalue weighted by Crippen LogP contribution is 2.35. The molecule has 3 rings (SSSR count). The van der Waals surface area contributed by atoms with Crippen LogP contribution in [0.4, 0.5) is 0 Å². The van der Waals surface area contributed by atoms with Crippen molar-refractivity contribution in [2.24, 2.45) is 0 Å². The Hall–Kier alpha value is -2.37. The van der Waals surface area contributed by atoms with E-state index in [9.17, 15) is 9.59 Å². The number of benzene rings is 2. The van der Waals surface area contributed by atoms with E-state index in [0.29, 0.717) is 11.6 Å². The monoisotopic (exact) mass is 483 g/mol. The molecule has 0 bridgehead atoms. The smallest absolute Gasteiger partial charge is 0.220 e. The maximum atomic E-state index is 12.5. The number of hydrogen-bond donors (Lipinski definition) is 2. The van der Waals surface area contributed by atoms with Crippen molar-refractivity contribution in [3.8, 4) is 0 Å². The van der Waals surface area contributed by atoms with Crippen LogP contribution in [0.5, 0.6) is 0 Å². The first-order valence-electron chi connectivity index (χ1n) is 12.3. The van der Waals surface area contributed by atoms with E-state index in [-0.39, 0.29) is 36.2 Å². The summed E-state index contributed by atoms with van der Waals surface area (Å²) in [4.78, 5) is 26.9. The molecule has 0 spiro atoms. The van der Waals surface area contributed by atoms with E-state index in [2.05, 4.69) is 60.8 Å². The van der Waals surface area contributed by atoms with Crippen molar-refractivity contribution in [3.05, 3.63) is 70.2 Å². The van der Waals surface area contributed by atoms with Crippen LogP contribution < -0.4 is 10.6 Å².